The van der Waals surface area contributed by atoms with Crippen molar-refractivity contribution in [3.05, 3.63) is 29.8 Å². The Hall–Kier alpha value is -1.01. The largest absolute Gasteiger partial charge is 0.399 e. The lowest BCUT2D eigenvalue weighted by Gasteiger charge is -2.42. The number of nitrogens with zero attached hydrogens (tertiary/aromatic N) is 1. The van der Waals surface area contributed by atoms with E-state index in [1.165, 1.54) is 0 Å². The Morgan fingerprint density at radius 2 is 1.95 bits per heavy atom. The van der Waals surface area contributed by atoms with Gasteiger partial charge in [0.15, 0.2) is 0 Å². The molecule has 0 unspecified atom stereocenters. The molecule has 0 radical (unpaired) electrons. The monoisotopic (exact) mass is 349 g/mol. The van der Waals surface area contributed by atoms with E-state index in [4.69, 9.17) is 10.5 Å². The van der Waals surface area contributed by atoms with Gasteiger partial charge < -0.3 is 20.7 Å². The van der Waals surface area contributed by atoms with Crippen LogP contribution >= 0.6 is 24.8 Å². The summed E-state index contributed by atoms with van der Waals surface area (Å²) in [5, 5.41) is 3.03. The van der Waals surface area contributed by atoms with E-state index in [0.717, 1.165) is 26.1 Å². The smallest absolute Gasteiger partial charge is 0.251 e. The van der Waals surface area contributed by atoms with Crippen LogP contribution < -0.4 is 11.1 Å². The van der Waals surface area contributed by atoms with Crippen LogP contribution in [0, 0.1) is 0 Å². The van der Waals surface area contributed by atoms with Crippen LogP contribution in [0.3, 0.4) is 0 Å². The highest BCUT2D eigenvalue weighted by Gasteiger charge is 2.35. The maximum absolute atomic E-state index is 12.2. The van der Waals surface area contributed by atoms with Crippen molar-refractivity contribution >= 4 is 36.4 Å². The SMILES string of the molecule is CN(C)C1(CNC(=O)c2cccc(N)c2)CCOCC1.Cl.Cl. The Bertz CT molecular complexity index is 478. The van der Waals surface area contributed by atoms with Crippen LogP contribution in [0.4, 0.5) is 5.69 Å². The molecule has 1 aliphatic heterocycles. The number of nitrogens with one attached hydrogen (secondary N) is 1. The van der Waals surface area contributed by atoms with Gasteiger partial charge in [-0.2, -0.15) is 0 Å². The molecule has 0 aliphatic carbocycles. The second-order valence-corrected chi connectivity index (χ2v) is 5.54. The van der Waals surface area contributed by atoms with E-state index in [-0.39, 0.29) is 36.3 Å². The number of hydrogen-bond donors (Lipinski definition) is 2. The first kappa shape index (κ1) is 21.0. The topological polar surface area (TPSA) is 67.6 Å². The number of ether oxygens (including phenoxy) is 1. The van der Waals surface area contributed by atoms with Gasteiger partial charge in [0.25, 0.3) is 5.91 Å². The molecule has 0 saturated carbocycles. The molecular formula is C15H25Cl2N3O2. The van der Waals surface area contributed by atoms with Crippen molar-refractivity contribution in [2.75, 3.05) is 39.6 Å². The fourth-order valence-corrected chi connectivity index (χ4v) is 2.56. The van der Waals surface area contributed by atoms with Crippen LogP contribution in [-0.2, 0) is 4.74 Å². The van der Waals surface area contributed by atoms with Crippen LogP contribution in [0.5, 0.6) is 0 Å². The Kier molecular flexibility index (Phi) is 8.78. The quantitative estimate of drug-likeness (QED) is 0.815. The Morgan fingerprint density at radius 3 is 2.50 bits per heavy atom. The zero-order valence-electron chi connectivity index (χ0n) is 13.0. The first-order valence-corrected chi connectivity index (χ1v) is 6.92. The summed E-state index contributed by atoms with van der Waals surface area (Å²) < 4.78 is 5.43. The molecule has 22 heavy (non-hydrogen) atoms. The first-order valence-electron chi connectivity index (χ1n) is 6.92. The van der Waals surface area contributed by atoms with Crippen molar-refractivity contribution in [2.45, 2.75) is 18.4 Å². The van der Waals surface area contributed by atoms with Crippen LogP contribution in [0.15, 0.2) is 24.3 Å². The highest BCUT2D eigenvalue weighted by Crippen LogP contribution is 2.25. The summed E-state index contributed by atoms with van der Waals surface area (Å²) >= 11 is 0. The van der Waals surface area contributed by atoms with Gasteiger partial charge in [-0.05, 0) is 45.1 Å². The van der Waals surface area contributed by atoms with Gasteiger partial charge in [-0.25, -0.2) is 0 Å². The number of hydrogen-bond acceptors (Lipinski definition) is 4. The predicted octanol–water partition coefficient (Wildman–Crippen LogP) is 1.95. The number of amides is 1. The molecular weight excluding hydrogens is 325 g/mol. The minimum absolute atomic E-state index is 0. The third-order valence-corrected chi connectivity index (χ3v) is 4.10. The Morgan fingerprint density at radius 1 is 1.32 bits per heavy atom. The van der Waals surface area contributed by atoms with Crippen molar-refractivity contribution in [1.82, 2.24) is 10.2 Å². The first-order chi connectivity index (χ1) is 9.53. The third kappa shape index (κ3) is 5.02. The summed E-state index contributed by atoms with van der Waals surface area (Å²) in [5.74, 6) is -0.0787. The molecule has 5 nitrogen and oxygen atoms in total. The molecule has 2 rings (SSSR count). The molecule has 0 spiro atoms. The lowest BCUT2D eigenvalue weighted by atomic mass is 9.88. The molecule has 1 saturated heterocycles. The van der Waals surface area contributed by atoms with Crippen molar-refractivity contribution in [2.24, 2.45) is 0 Å². The van der Waals surface area contributed by atoms with Crippen molar-refractivity contribution in [3.8, 4) is 0 Å². The van der Waals surface area contributed by atoms with Gasteiger partial charge in [0.1, 0.15) is 0 Å². The van der Waals surface area contributed by atoms with E-state index >= 15 is 0 Å². The van der Waals surface area contributed by atoms with Crippen LogP contribution in [0.2, 0.25) is 0 Å². The van der Waals surface area contributed by atoms with E-state index in [0.29, 0.717) is 17.8 Å². The van der Waals surface area contributed by atoms with Crippen molar-refractivity contribution < 1.29 is 9.53 Å². The average molecular weight is 350 g/mol. The molecule has 7 heteroatoms. The summed E-state index contributed by atoms with van der Waals surface area (Å²) in [4.78, 5) is 14.4. The molecule has 1 aromatic rings. The number of carbonyl (C=O) groups excluding carboxylic acids is 1. The molecule has 1 amide bonds. The Labute approximate surface area is 144 Å². The van der Waals surface area contributed by atoms with E-state index in [1.807, 2.05) is 0 Å². The molecule has 126 valence electrons. The molecule has 1 aromatic carbocycles. The molecule has 1 heterocycles. The number of halogens is 2. The van der Waals surface area contributed by atoms with Gasteiger partial charge in [0.2, 0.25) is 0 Å². The summed E-state index contributed by atoms with van der Waals surface area (Å²) in [7, 11) is 4.11. The van der Waals surface area contributed by atoms with Gasteiger partial charge >= 0.3 is 0 Å². The summed E-state index contributed by atoms with van der Waals surface area (Å²) in [6.45, 7) is 2.11. The van der Waals surface area contributed by atoms with Crippen LogP contribution in [-0.4, -0.2) is 50.2 Å². The molecule has 0 bridgehead atoms. The zero-order valence-corrected chi connectivity index (χ0v) is 14.6. The highest BCUT2D eigenvalue weighted by molar-refractivity contribution is 5.95. The predicted molar refractivity (Wildman–Crippen MR) is 94.2 cm³/mol. The average Bonchev–Trinajstić information content (AvgIpc) is 2.45. The number of nitrogen functional groups attached to an aromatic ring is 1. The maximum Gasteiger partial charge on any atom is 0.251 e. The number of carbonyl (C=O) groups is 1. The van der Waals surface area contributed by atoms with Gasteiger partial charge in [-0.15, -0.1) is 24.8 Å². The second kappa shape index (κ2) is 9.20. The minimum atomic E-state index is -0.0787. The lowest BCUT2D eigenvalue weighted by molar-refractivity contribution is -0.00657. The van der Waals surface area contributed by atoms with Crippen LogP contribution in [0.1, 0.15) is 23.2 Å². The van der Waals surface area contributed by atoms with Gasteiger partial charge in [0.05, 0.1) is 0 Å². The molecule has 0 aromatic heterocycles. The van der Waals surface area contributed by atoms with Crippen molar-refractivity contribution in [3.63, 3.8) is 0 Å². The van der Waals surface area contributed by atoms with Gasteiger partial charge in [-0.3, -0.25) is 4.79 Å². The minimum Gasteiger partial charge on any atom is -0.399 e. The fraction of sp³-hybridized carbons (Fsp3) is 0.533. The molecule has 3 N–H and O–H groups in total. The summed E-state index contributed by atoms with van der Waals surface area (Å²) in [5.41, 5.74) is 6.89. The van der Waals surface area contributed by atoms with Gasteiger partial charge in [-0.1, -0.05) is 6.07 Å². The maximum atomic E-state index is 12.2. The van der Waals surface area contributed by atoms with E-state index in [9.17, 15) is 4.79 Å². The standard InChI is InChI=1S/C15H23N3O2.2ClH/c1-18(2)15(6-8-20-9-7-15)11-17-14(19)12-4-3-5-13(16)10-12;;/h3-5,10H,6-9,11,16H2,1-2H3,(H,17,19);2*1H. The number of nitrogens with two attached hydrogens (primary N) is 1. The van der Waals surface area contributed by atoms with E-state index in [1.54, 1.807) is 24.3 Å². The lowest BCUT2D eigenvalue weighted by Crippen LogP contribution is -2.55. The van der Waals surface area contributed by atoms with Crippen LogP contribution in [0.25, 0.3) is 0 Å². The van der Waals surface area contributed by atoms with E-state index in [2.05, 4.69) is 24.3 Å². The fourth-order valence-electron chi connectivity index (χ4n) is 2.56. The van der Waals surface area contributed by atoms with E-state index < -0.39 is 0 Å². The van der Waals surface area contributed by atoms with Crippen molar-refractivity contribution in [1.29, 1.82) is 0 Å². The number of benzene rings is 1. The second-order valence-electron chi connectivity index (χ2n) is 5.54. The Balaban J connectivity index is 0.00000220. The summed E-state index contributed by atoms with van der Waals surface area (Å²) in [6, 6.07) is 7.04. The molecule has 1 fully saturated rings. The third-order valence-electron chi connectivity index (χ3n) is 4.10. The molecule has 0 atom stereocenters. The molecule has 1 aliphatic rings. The number of rotatable bonds is 4. The number of anilines is 1. The normalized spacial score (nSPS) is 16.3. The zero-order chi connectivity index (χ0) is 14.6. The highest BCUT2D eigenvalue weighted by atomic mass is 35.5. The van der Waals surface area contributed by atoms with Gasteiger partial charge in [0, 0.05) is 36.5 Å². The summed E-state index contributed by atoms with van der Waals surface area (Å²) in [6.07, 6.45) is 1.86. The number of likely N-dealkylation sites (N-methyl/N-ethyl adjacent to an activating group) is 1.